The van der Waals surface area contributed by atoms with Crippen LogP contribution in [0.2, 0.25) is 0 Å². The van der Waals surface area contributed by atoms with E-state index in [-0.39, 0.29) is 0 Å². The van der Waals surface area contributed by atoms with Gasteiger partial charge >= 0.3 is 0 Å². The summed E-state index contributed by atoms with van der Waals surface area (Å²) in [5.74, 6) is 0.866. The summed E-state index contributed by atoms with van der Waals surface area (Å²) < 4.78 is 1.82. The fourth-order valence-corrected chi connectivity index (χ4v) is 3.71. The van der Waals surface area contributed by atoms with Gasteiger partial charge in [0.15, 0.2) is 5.82 Å². The number of hydrogen-bond donors (Lipinski definition) is 1. The van der Waals surface area contributed by atoms with Crippen molar-refractivity contribution in [1.82, 2.24) is 30.1 Å². The molecule has 5 rings (SSSR count). The minimum atomic E-state index is 0.736. The first-order valence-electron chi connectivity index (χ1n) is 9.19. The summed E-state index contributed by atoms with van der Waals surface area (Å²) in [7, 11) is 0. The van der Waals surface area contributed by atoms with Crippen LogP contribution in [0.3, 0.4) is 0 Å². The molecule has 0 saturated carbocycles. The second-order valence-corrected chi connectivity index (χ2v) is 6.80. The van der Waals surface area contributed by atoms with Gasteiger partial charge in [0.25, 0.3) is 0 Å². The summed E-state index contributed by atoms with van der Waals surface area (Å²) in [6.45, 7) is 2.63. The van der Waals surface area contributed by atoms with Crippen molar-refractivity contribution in [3.05, 3.63) is 78.3 Å². The number of benzene rings is 2. The molecule has 27 heavy (non-hydrogen) atoms. The first-order chi connectivity index (χ1) is 13.4. The summed E-state index contributed by atoms with van der Waals surface area (Å²) in [6, 6.07) is 18.5. The zero-order valence-electron chi connectivity index (χ0n) is 14.9. The number of nitrogens with one attached hydrogen (secondary N) is 1. The predicted molar refractivity (Wildman–Crippen MR) is 105 cm³/mol. The number of H-pyrrole nitrogens is 1. The zero-order chi connectivity index (χ0) is 18.1. The lowest BCUT2D eigenvalue weighted by atomic mass is 9.99. The lowest BCUT2D eigenvalue weighted by Crippen LogP contribution is -2.29. The van der Waals surface area contributed by atoms with E-state index < -0.39 is 0 Å². The predicted octanol–water partition coefficient (Wildman–Crippen LogP) is 3.43. The average Bonchev–Trinajstić information content (AvgIpc) is 3.36. The maximum absolute atomic E-state index is 4.23. The number of nitrogens with zero attached hydrogens (tertiary/aromatic N) is 5. The SMILES string of the molecule is C1=C(c2c[nH]c3ccccc23)CCN(Cc2nnnn2-c2ccccc2)C1. The van der Waals surface area contributed by atoms with Gasteiger partial charge in [0.05, 0.1) is 12.2 Å². The summed E-state index contributed by atoms with van der Waals surface area (Å²) in [5.41, 5.74) is 4.91. The van der Waals surface area contributed by atoms with Gasteiger partial charge in [0.2, 0.25) is 0 Å². The molecule has 6 nitrogen and oxygen atoms in total. The van der Waals surface area contributed by atoms with Crippen LogP contribution in [0, 0.1) is 0 Å². The summed E-state index contributed by atoms with van der Waals surface area (Å²) in [4.78, 5) is 5.75. The molecule has 1 N–H and O–H groups in total. The smallest absolute Gasteiger partial charge is 0.170 e. The van der Waals surface area contributed by atoms with Crippen molar-refractivity contribution in [2.24, 2.45) is 0 Å². The molecular formula is C21H20N6. The number of hydrogen-bond acceptors (Lipinski definition) is 4. The van der Waals surface area contributed by atoms with Crippen LogP contribution in [0.15, 0.2) is 66.9 Å². The van der Waals surface area contributed by atoms with Gasteiger partial charge in [0, 0.05) is 35.8 Å². The molecule has 2 aromatic carbocycles. The molecule has 1 aliphatic rings. The Bertz CT molecular complexity index is 1090. The maximum atomic E-state index is 4.23. The first-order valence-corrected chi connectivity index (χ1v) is 9.19. The summed E-state index contributed by atoms with van der Waals surface area (Å²) >= 11 is 0. The largest absolute Gasteiger partial charge is 0.361 e. The van der Waals surface area contributed by atoms with E-state index in [9.17, 15) is 0 Å². The number of fused-ring (bicyclic) bond motifs is 1. The van der Waals surface area contributed by atoms with E-state index in [0.717, 1.165) is 37.6 Å². The van der Waals surface area contributed by atoms with Crippen molar-refractivity contribution in [3.63, 3.8) is 0 Å². The number of tetrazole rings is 1. The average molecular weight is 356 g/mol. The van der Waals surface area contributed by atoms with Crippen molar-refractivity contribution in [2.75, 3.05) is 13.1 Å². The minimum absolute atomic E-state index is 0.736. The van der Waals surface area contributed by atoms with Crippen molar-refractivity contribution in [3.8, 4) is 5.69 Å². The lowest BCUT2D eigenvalue weighted by Gasteiger charge is -2.25. The zero-order valence-corrected chi connectivity index (χ0v) is 14.9. The fraction of sp³-hybridized carbons (Fsp3) is 0.190. The third-order valence-electron chi connectivity index (χ3n) is 5.13. The first kappa shape index (κ1) is 16.0. The van der Waals surface area contributed by atoms with Crippen LogP contribution in [0.5, 0.6) is 0 Å². The van der Waals surface area contributed by atoms with E-state index in [4.69, 9.17) is 0 Å². The van der Waals surface area contributed by atoms with Gasteiger partial charge in [-0.1, -0.05) is 42.5 Å². The third-order valence-corrected chi connectivity index (χ3v) is 5.13. The molecule has 0 bridgehead atoms. The van der Waals surface area contributed by atoms with Crippen LogP contribution in [0.25, 0.3) is 22.2 Å². The Morgan fingerprint density at radius 3 is 2.70 bits per heavy atom. The summed E-state index contributed by atoms with van der Waals surface area (Å²) in [5, 5.41) is 13.5. The molecule has 1 aliphatic heterocycles. The molecule has 2 aromatic heterocycles. The molecule has 0 atom stereocenters. The highest BCUT2D eigenvalue weighted by Crippen LogP contribution is 2.29. The summed E-state index contributed by atoms with van der Waals surface area (Å²) in [6.07, 6.45) is 5.48. The minimum Gasteiger partial charge on any atom is -0.361 e. The Hall–Kier alpha value is -3.25. The normalized spacial score (nSPS) is 15.2. The van der Waals surface area contributed by atoms with Crippen molar-refractivity contribution < 1.29 is 0 Å². The number of aromatic amines is 1. The Morgan fingerprint density at radius 2 is 1.85 bits per heavy atom. The highest BCUT2D eigenvalue weighted by molar-refractivity contribution is 5.92. The Kier molecular flexibility index (Phi) is 4.03. The van der Waals surface area contributed by atoms with E-state index in [1.807, 2.05) is 35.0 Å². The topological polar surface area (TPSA) is 62.6 Å². The van der Waals surface area contributed by atoms with Crippen LogP contribution >= 0.6 is 0 Å². The molecule has 0 spiro atoms. The van der Waals surface area contributed by atoms with Gasteiger partial charge in [-0.25, -0.2) is 0 Å². The van der Waals surface area contributed by atoms with Gasteiger partial charge in [-0.05, 0) is 40.6 Å². The van der Waals surface area contributed by atoms with E-state index >= 15 is 0 Å². The highest BCUT2D eigenvalue weighted by Gasteiger charge is 2.18. The van der Waals surface area contributed by atoms with Crippen molar-refractivity contribution >= 4 is 16.5 Å². The van der Waals surface area contributed by atoms with Gasteiger partial charge < -0.3 is 4.98 Å². The van der Waals surface area contributed by atoms with Gasteiger partial charge in [-0.3, -0.25) is 4.90 Å². The molecule has 0 radical (unpaired) electrons. The molecule has 6 heteroatoms. The van der Waals surface area contributed by atoms with Crippen LogP contribution < -0.4 is 0 Å². The second-order valence-electron chi connectivity index (χ2n) is 6.80. The Morgan fingerprint density at radius 1 is 1.00 bits per heavy atom. The number of para-hydroxylation sites is 2. The quantitative estimate of drug-likeness (QED) is 0.608. The van der Waals surface area contributed by atoms with E-state index in [2.05, 4.69) is 61.9 Å². The molecular weight excluding hydrogens is 336 g/mol. The van der Waals surface area contributed by atoms with Crippen LogP contribution in [0.4, 0.5) is 0 Å². The second kappa shape index (κ2) is 6.81. The molecule has 0 saturated heterocycles. The van der Waals surface area contributed by atoms with Crippen LogP contribution in [0.1, 0.15) is 17.8 Å². The standard InChI is InChI=1S/C21H20N6/c1-2-6-17(7-3-1)27-21(23-24-25-27)15-26-12-10-16(11-13-26)19-14-22-20-9-5-4-8-18(19)20/h1-10,14,22H,11-13,15H2. The third kappa shape index (κ3) is 3.04. The molecule has 0 unspecified atom stereocenters. The highest BCUT2D eigenvalue weighted by atomic mass is 15.5. The molecule has 0 amide bonds. The van der Waals surface area contributed by atoms with Gasteiger partial charge in [-0.2, -0.15) is 4.68 Å². The van der Waals surface area contributed by atoms with Crippen LogP contribution in [-0.2, 0) is 6.54 Å². The van der Waals surface area contributed by atoms with Crippen molar-refractivity contribution in [1.29, 1.82) is 0 Å². The maximum Gasteiger partial charge on any atom is 0.170 e. The van der Waals surface area contributed by atoms with E-state index in [1.165, 1.54) is 22.0 Å². The monoisotopic (exact) mass is 356 g/mol. The molecule has 0 aliphatic carbocycles. The van der Waals surface area contributed by atoms with Crippen LogP contribution in [-0.4, -0.2) is 43.2 Å². The van der Waals surface area contributed by atoms with E-state index in [0.29, 0.717) is 0 Å². The fourth-order valence-electron chi connectivity index (χ4n) is 3.71. The Labute approximate surface area is 157 Å². The molecule has 4 aromatic rings. The number of rotatable bonds is 4. The van der Waals surface area contributed by atoms with Gasteiger partial charge in [0.1, 0.15) is 0 Å². The Balaban J connectivity index is 1.34. The van der Waals surface area contributed by atoms with Gasteiger partial charge in [-0.15, -0.1) is 5.10 Å². The molecule has 0 fully saturated rings. The lowest BCUT2D eigenvalue weighted by molar-refractivity contribution is 0.284. The van der Waals surface area contributed by atoms with E-state index in [1.54, 1.807) is 0 Å². The number of aromatic nitrogens is 5. The molecule has 134 valence electrons. The molecule has 3 heterocycles. The van der Waals surface area contributed by atoms with Crippen molar-refractivity contribution in [2.45, 2.75) is 13.0 Å².